The van der Waals surface area contributed by atoms with E-state index in [4.69, 9.17) is 5.41 Å². The Morgan fingerprint density at radius 1 is 0.833 bits per heavy atom. The zero-order valence-corrected chi connectivity index (χ0v) is 27.2. The first kappa shape index (κ1) is 42.7. The number of aliphatic imine (C=N–C) groups is 1. The summed E-state index contributed by atoms with van der Waals surface area (Å²) in [6.45, 7) is 13.8. The Hall–Kier alpha value is -0.361. The molecule has 3 aliphatic carbocycles. The molecule has 3 fully saturated rings. The van der Waals surface area contributed by atoms with Gasteiger partial charge < -0.3 is 52.3 Å². The molecular weight excluding hydrogens is 575 g/mol. The number of hydrogen-bond donors (Lipinski definition) is 1. The summed E-state index contributed by atoms with van der Waals surface area (Å²) in [6, 6.07) is 0.728. The SMILES string of the molecule is C=CCNC(=O)N=C=[N-].CCN(CC)CC.[CH-]1CCCCC1.[CH-]1CCCCC1.[CH-]1CCCCC1.[Cl-].[Sn+4]. The molecule has 0 aromatic heterocycles. The van der Waals surface area contributed by atoms with Crippen LogP contribution >= 0.6 is 0 Å². The Labute approximate surface area is 248 Å². The van der Waals surface area contributed by atoms with E-state index in [-0.39, 0.29) is 36.3 Å². The van der Waals surface area contributed by atoms with Crippen molar-refractivity contribution >= 4 is 35.9 Å². The predicted octanol–water partition coefficient (Wildman–Crippen LogP) is 5.06. The maximum absolute atomic E-state index is 10.3. The van der Waals surface area contributed by atoms with Crippen LogP contribution in [0.25, 0.3) is 5.41 Å². The fourth-order valence-electron chi connectivity index (χ4n) is 3.61. The van der Waals surface area contributed by atoms with Crippen LogP contribution in [0.1, 0.15) is 117 Å². The van der Waals surface area contributed by atoms with Crippen LogP contribution in [0.5, 0.6) is 0 Å². The molecule has 208 valence electrons. The molecule has 3 aliphatic rings. The molecule has 0 radical (unpaired) electrons. The van der Waals surface area contributed by atoms with Crippen molar-refractivity contribution < 1.29 is 17.2 Å². The minimum Gasteiger partial charge on any atom is -1.00 e. The number of carbonyl (C=O) groups is 1. The number of urea groups is 1. The van der Waals surface area contributed by atoms with E-state index in [1.807, 2.05) is 0 Å². The summed E-state index contributed by atoms with van der Waals surface area (Å²) >= 11 is 0. The van der Waals surface area contributed by atoms with E-state index in [1.54, 1.807) is 0 Å². The van der Waals surface area contributed by atoms with Crippen molar-refractivity contribution in [1.82, 2.24) is 10.2 Å². The van der Waals surface area contributed by atoms with Gasteiger partial charge in [0.05, 0.1) is 0 Å². The molecule has 3 saturated carbocycles. The molecule has 0 bridgehead atoms. The first-order valence-corrected chi connectivity index (χ1v) is 13.8. The summed E-state index contributed by atoms with van der Waals surface area (Å²) in [4.78, 5) is 15.5. The Bertz CT molecular complexity index is 403. The third-order valence-corrected chi connectivity index (χ3v) is 5.84. The standard InChI is InChI=1S/C6H15N.3C6H11.C5H6N3O.ClH.Sn/c1-4-7(5-2)6-3;3*1-2-4-6-5-3-1;1-2-3-7-5(9)8-4-6;;/h4-6H2,1-3H3;3*1H,2-6H2;2H,1,3H2,(H,7,9);1H;/q;4*-1;;+4/p-1. The fraction of sp³-hybridized carbons (Fsp3) is 0.759. The van der Waals surface area contributed by atoms with Gasteiger partial charge >= 0.3 is 23.9 Å². The second kappa shape index (κ2) is 39.2. The van der Waals surface area contributed by atoms with Crippen LogP contribution in [0, 0.1) is 19.3 Å². The zero-order valence-electron chi connectivity index (χ0n) is 23.6. The zero-order chi connectivity index (χ0) is 25.5. The van der Waals surface area contributed by atoms with E-state index in [1.165, 1.54) is 128 Å². The second-order valence-corrected chi connectivity index (χ2v) is 8.59. The van der Waals surface area contributed by atoms with E-state index < -0.39 is 6.03 Å². The molecule has 0 atom stereocenters. The number of carbonyl (C=O) groups excluding carboxylic acids is 1. The average molecular weight is 629 g/mol. The maximum Gasteiger partial charge on any atom is 4.00 e. The maximum atomic E-state index is 10.3. The quantitative estimate of drug-likeness (QED) is 0.200. The van der Waals surface area contributed by atoms with Gasteiger partial charge in [-0.25, -0.2) is 0 Å². The topological polar surface area (TPSA) is 67.0 Å². The minimum absolute atomic E-state index is 0. The molecule has 5 nitrogen and oxygen atoms in total. The van der Waals surface area contributed by atoms with Crippen LogP contribution in [0.4, 0.5) is 4.79 Å². The van der Waals surface area contributed by atoms with E-state index >= 15 is 0 Å². The fourth-order valence-corrected chi connectivity index (χ4v) is 3.61. The van der Waals surface area contributed by atoms with Gasteiger partial charge in [-0.15, -0.1) is 12.6 Å². The number of nitrogens with zero attached hydrogens (tertiary/aromatic N) is 3. The molecule has 7 heteroatoms. The number of amides is 2. The summed E-state index contributed by atoms with van der Waals surface area (Å²) in [6.07, 6.45) is 30.0. The smallest absolute Gasteiger partial charge is 1.00 e. The Kier molecular flexibility index (Phi) is 46.5. The molecular formula is C29H54ClN4OSn-. The summed E-state index contributed by atoms with van der Waals surface area (Å²) in [7, 11) is 0. The van der Waals surface area contributed by atoms with E-state index in [2.05, 4.69) is 61.8 Å². The molecule has 0 aromatic rings. The summed E-state index contributed by atoms with van der Waals surface area (Å²) in [5.41, 5.74) is 0. The van der Waals surface area contributed by atoms with Crippen molar-refractivity contribution in [2.45, 2.75) is 117 Å². The van der Waals surface area contributed by atoms with Crippen LogP contribution in [-0.2, 0) is 0 Å². The monoisotopic (exact) mass is 629 g/mol. The number of hydrogen-bond acceptors (Lipinski definition) is 2. The van der Waals surface area contributed by atoms with Gasteiger partial charge in [-0.1, -0.05) is 84.6 Å². The predicted molar refractivity (Wildman–Crippen MR) is 156 cm³/mol. The molecule has 36 heavy (non-hydrogen) atoms. The normalized spacial score (nSPS) is 15.8. The van der Waals surface area contributed by atoms with E-state index in [9.17, 15) is 4.79 Å². The minimum atomic E-state index is -0.627. The Morgan fingerprint density at radius 3 is 1.31 bits per heavy atom. The van der Waals surface area contributed by atoms with E-state index in [0.29, 0.717) is 6.54 Å². The van der Waals surface area contributed by atoms with Crippen molar-refractivity contribution in [2.24, 2.45) is 4.99 Å². The third-order valence-electron chi connectivity index (χ3n) is 5.84. The second-order valence-electron chi connectivity index (χ2n) is 8.59. The van der Waals surface area contributed by atoms with Crippen molar-refractivity contribution in [2.75, 3.05) is 26.2 Å². The summed E-state index contributed by atoms with van der Waals surface area (Å²) in [5, 5.41) is 10.1. The summed E-state index contributed by atoms with van der Waals surface area (Å²) < 4.78 is 0. The molecule has 3 rings (SSSR count). The molecule has 0 aromatic carbocycles. The molecule has 0 unspecified atom stereocenters. The van der Waals surface area contributed by atoms with Gasteiger partial charge in [0.15, 0.2) is 0 Å². The van der Waals surface area contributed by atoms with Gasteiger partial charge in [0, 0.05) is 6.54 Å². The van der Waals surface area contributed by atoms with Crippen LogP contribution in [-0.4, -0.2) is 67.0 Å². The van der Waals surface area contributed by atoms with Gasteiger partial charge in [0.1, 0.15) is 0 Å². The van der Waals surface area contributed by atoms with Crippen molar-refractivity contribution in [3.05, 3.63) is 37.3 Å². The number of halogens is 1. The Morgan fingerprint density at radius 2 is 1.17 bits per heavy atom. The molecule has 0 heterocycles. The van der Waals surface area contributed by atoms with E-state index in [0.717, 1.165) is 0 Å². The first-order chi connectivity index (χ1) is 16.7. The van der Waals surface area contributed by atoms with Crippen LogP contribution in [0.15, 0.2) is 17.6 Å². The molecule has 1 N–H and O–H groups in total. The third kappa shape index (κ3) is 38.2. The van der Waals surface area contributed by atoms with Gasteiger partial charge in [-0.3, -0.25) is 4.79 Å². The summed E-state index contributed by atoms with van der Waals surface area (Å²) in [5.74, 6) is 0. The largest absolute Gasteiger partial charge is 4.00 e. The van der Waals surface area contributed by atoms with Gasteiger partial charge in [0.2, 0.25) is 6.03 Å². The average Bonchev–Trinajstić information content (AvgIpc) is 2.93. The van der Waals surface area contributed by atoms with Gasteiger partial charge in [-0.2, -0.15) is 38.5 Å². The number of rotatable bonds is 5. The molecule has 0 spiro atoms. The first-order valence-electron chi connectivity index (χ1n) is 13.8. The van der Waals surface area contributed by atoms with Gasteiger partial charge in [0.25, 0.3) is 0 Å². The molecule has 0 aliphatic heterocycles. The number of nitrogens with one attached hydrogen (secondary N) is 1. The molecule has 0 saturated heterocycles. The van der Waals surface area contributed by atoms with Crippen molar-refractivity contribution in [1.29, 1.82) is 0 Å². The van der Waals surface area contributed by atoms with Crippen LogP contribution in [0.3, 0.4) is 0 Å². The van der Waals surface area contributed by atoms with Gasteiger partial charge in [-0.05, 0) is 19.6 Å². The van der Waals surface area contributed by atoms with Crippen molar-refractivity contribution in [3.63, 3.8) is 0 Å². The van der Waals surface area contributed by atoms with Crippen molar-refractivity contribution in [3.8, 4) is 0 Å². The molecule has 2 amide bonds. The van der Waals surface area contributed by atoms with Crippen LogP contribution < -0.4 is 17.7 Å². The van der Waals surface area contributed by atoms with Crippen LogP contribution in [0.2, 0.25) is 0 Å². The Balaban J connectivity index is -0.000000177.